The highest BCUT2D eigenvalue weighted by Gasteiger charge is 2.20. The Bertz CT molecular complexity index is 3220. The zero-order chi connectivity index (χ0) is 37.0. The Hall–Kier alpha value is -7.42. The van der Waals surface area contributed by atoms with Crippen LogP contribution in [0.15, 0.2) is 217 Å². The van der Waals surface area contributed by atoms with E-state index >= 15 is 0 Å². The fourth-order valence-corrected chi connectivity index (χ4v) is 8.49. The first-order chi connectivity index (χ1) is 27.7. The Kier molecular flexibility index (Phi) is 7.53. The molecule has 10 aromatic carbocycles. The van der Waals surface area contributed by atoms with Crippen LogP contribution in [0.4, 0.5) is 17.1 Å². The highest BCUT2D eigenvalue weighted by molar-refractivity contribution is 6.13. The zero-order valence-electron chi connectivity index (χ0n) is 30.6. The summed E-state index contributed by atoms with van der Waals surface area (Å²) in [5, 5.41) is 9.80. The van der Waals surface area contributed by atoms with E-state index in [0.717, 1.165) is 39.0 Å². The van der Waals surface area contributed by atoms with Crippen LogP contribution in [0.5, 0.6) is 0 Å². The first kappa shape index (κ1) is 32.0. The molecule has 0 radical (unpaired) electrons. The summed E-state index contributed by atoms with van der Waals surface area (Å²) in [6, 6.07) is 76.5. The largest absolute Gasteiger partial charge is 0.456 e. The van der Waals surface area contributed by atoms with Crippen molar-refractivity contribution in [2.24, 2.45) is 0 Å². The van der Waals surface area contributed by atoms with Gasteiger partial charge in [0, 0.05) is 16.8 Å². The summed E-state index contributed by atoms with van der Waals surface area (Å²) in [7, 11) is 0. The Morgan fingerprint density at radius 2 is 0.804 bits per heavy atom. The van der Waals surface area contributed by atoms with Crippen molar-refractivity contribution in [2.45, 2.75) is 0 Å². The molecule has 0 N–H and O–H groups in total. The van der Waals surface area contributed by atoms with Crippen LogP contribution in [0.3, 0.4) is 0 Å². The van der Waals surface area contributed by atoms with Gasteiger partial charge in [-0.1, -0.05) is 164 Å². The van der Waals surface area contributed by atoms with Gasteiger partial charge in [0.05, 0.1) is 11.1 Å². The van der Waals surface area contributed by atoms with E-state index in [4.69, 9.17) is 4.42 Å². The normalized spacial score (nSPS) is 11.6. The summed E-state index contributed by atoms with van der Waals surface area (Å²) in [6.45, 7) is 0. The molecule has 1 heterocycles. The lowest BCUT2D eigenvalue weighted by Crippen LogP contribution is -2.10. The van der Waals surface area contributed by atoms with Gasteiger partial charge in [-0.05, 0) is 114 Å². The van der Waals surface area contributed by atoms with Crippen LogP contribution in [0.2, 0.25) is 0 Å². The molecule has 0 aliphatic rings. The van der Waals surface area contributed by atoms with E-state index in [1.165, 1.54) is 65.7 Å². The number of nitrogens with zero attached hydrogens (tertiary/aromatic N) is 1. The van der Waals surface area contributed by atoms with E-state index < -0.39 is 0 Å². The maximum Gasteiger partial charge on any atom is 0.137 e. The van der Waals surface area contributed by atoms with E-state index in [2.05, 4.69) is 205 Å². The van der Waals surface area contributed by atoms with E-state index in [9.17, 15) is 0 Å². The first-order valence-electron chi connectivity index (χ1n) is 19.2. The molecular formula is C54H35NO. The second-order valence-corrected chi connectivity index (χ2v) is 14.5. The van der Waals surface area contributed by atoms with Crippen molar-refractivity contribution >= 4 is 71.3 Å². The topological polar surface area (TPSA) is 16.4 Å². The van der Waals surface area contributed by atoms with E-state index in [-0.39, 0.29) is 0 Å². The molecule has 0 atom stereocenters. The van der Waals surface area contributed by atoms with Crippen molar-refractivity contribution in [2.75, 3.05) is 4.90 Å². The van der Waals surface area contributed by atoms with Crippen LogP contribution in [0.1, 0.15) is 0 Å². The van der Waals surface area contributed by atoms with Gasteiger partial charge in [0.1, 0.15) is 11.2 Å². The molecule has 0 saturated heterocycles. The van der Waals surface area contributed by atoms with Gasteiger partial charge in [0.25, 0.3) is 0 Å². The van der Waals surface area contributed by atoms with E-state index in [1.54, 1.807) is 0 Å². The van der Waals surface area contributed by atoms with Gasteiger partial charge < -0.3 is 9.32 Å². The number of para-hydroxylation sites is 1. The van der Waals surface area contributed by atoms with Gasteiger partial charge in [-0.15, -0.1) is 0 Å². The molecule has 2 heteroatoms. The lowest BCUT2D eigenvalue weighted by atomic mass is 9.96. The first-order valence-corrected chi connectivity index (χ1v) is 19.2. The predicted molar refractivity (Wildman–Crippen MR) is 237 cm³/mol. The summed E-state index contributed by atoms with van der Waals surface area (Å²) >= 11 is 0. The van der Waals surface area contributed by atoms with Crippen molar-refractivity contribution in [3.63, 3.8) is 0 Å². The third-order valence-corrected chi connectivity index (χ3v) is 11.3. The standard InChI is InChI=1S/C54H35NO/c1-3-12-46-39(9-1)11-7-15-48(46)41-21-19-36(20-22-41)37-25-30-44(31-26-37)55(51-16-8-18-53-54(51)50-14-5-6-17-52(50)56-53)45-32-27-38(28-33-45)42-29-34-49-43(35-42)24-23-40-10-2-4-13-47(40)49/h1-35H. The van der Waals surface area contributed by atoms with Crippen LogP contribution in [0.25, 0.3) is 87.6 Å². The molecule has 0 fully saturated rings. The molecule has 0 spiro atoms. The molecule has 262 valence electrons. The van der Waals surface area contributed by atoms with Gasteiger partial charge >= 0.3 is 0 Å². The predicted octanol–water partition coefficient (Wildman–Crippen LogP) is 15.5. The fraction of sp³-hybridized carbons (Fsp3) is 0. The second kappa shape index (κ2) is 13.2. The van der Waals surface area contributed by atoms with Crippen LogP contribution in [0, 0.1) is 0 Å². The molecule has 56 heavy (non-hydrogen) atoms. The SMILES string of the molecule is c1ccc2c(-c3ccc(-c4ccc(N(c5ccc(-c6ccc7c(ccc8ccccc87)c6)cc5)c5cccc6oc7ccccc7c56)cc4)cc3)cccc2c1. The van der Waals surface area contributed by atoms with Gasteiger partial charge in [-0.3, -0.25) is 0 Å². The maximum absolute atomic E-state index is 6.37. The second-order valence-electron chi connectivity index (χ2n) is 14.5. The summed E-state index contributed by atoms with van der Waals surface area (Å²) in [5.41, 5.74) is 12.2. The Labute approximate surface area is 325 Å². The lowest BCUT2D eigenvalue weighted by Gasteiger charge is -2.26. The van der Waals surface area contributed by atoms with Gasteiger partial charge in [0.15, 0.2) is 0 Å². The molecule has 2 nitrogen and oxygen atoms in total. The number of hydrogen-bond donors (Lipinski definition) is 0. The van der Waals surface area contributed by atoms with Crippen LogP contribution in [-0.2, 0) is 0 Å². The third-order valence-electron chi connectivity index (χ3n) is 11.3. The van der Waals surface area contributed by atoms with Crippen LogP contribution < -0.4 is 4.90 Å². The Morgan fingerprint density at radius 3 is 1.55 bits per heavy atom. The highest BCUT2D eigenvalue weighted by atomic mass is 16.3. The molecule has 11 rings (SSSR count). The van der Waals surface area contributed by atoms with E-state index in [0.29, 0.717) is 0 Å². The summed E-state index contributed by atoms with van der Waals surface area (Å²) in [6.07, 6.45) is 0. The number of furan rings is 1. The minimum atomic E-state index is 0.872. The van der Waals surface area contributed by atoms with Gasteiger partial charge in [-0.25, -0.2) is 0 Å². The molecular weight excluding hydrogens is 679 g/mol. The number of hydrogen-bond acceptors (Lipinski definition) is 2. The number of benzene rings is 10. The minimum absolute atomic E-state index is 0.872. The average molecular weight is 714 g/mol. The summed E-state index contributed by atoms with van der Waals surface area (Å²) < 4.78 is 6.37. The van der Waals surface area contributed by atoms with E-state index in [1.807, 2.05) is 12.1 Å². The lowest BCUT2D eigenvalue weighted by molar-refractivity contribution is 0.669. The minimum Gasteiger partial charge on any atom is -0.456 e. The van der Waals surface area contributed by atoms with Gasteiger partial charge in [-0.2, -0.15) is 0 Å². The maximum atomic E-state index is 6.37. The number of anilines is 3. The van der Waals surface area contributed by atoms with Crippen molar-refractivity contribution in [1.82, 2.24) is 0 Å². The molecule has 0 bridgehead atoms. The Morgan fingerprint density at radius 1 is 0.304 bits per heavy atom. The van der Waals surface area contributed by atoms with Crippen molar-refractivity contribution in [3.05, 3.63) is 212 Å². The Balaban J connectivity index is 0.979. The quantitative estimate of drug-likeness (QED) is 0.160. The summed E-state index contributed by atoms with van der Waals surface area (Å²) in [5.74, 6) is 0. The zero-order valence-corrected chi connectivity index (χ0v) is 30.6. The monoisotopic (exact) mass is 713 g/mol. The van der Waals surface area contributed by atoms with Crippen molar-refractivity contribution in [1.29, 1.82) is 0 Å². The van der Waals surface area contributed by atoms with Crippen molar-refractivity contribution < 1.29 is 4.42 Å². The van der Waals surface area contributed by atoms with Crippen molar-refractivity contribution in [3.8, 4) is 33.4 Å². The molecule has 1 aromatic heterocycles. The average Bonchev–Trinajstić information content (AvgIpc) is 3.66. The molecule has 0 saturated carbocycles. The molecule has 0 amide bonds. The number of rotatable bonds is 6. The van der Waals surface area contributed by atoms with Crippen LogP contribution in [-0.4, -0.2) is 0 Å². The molecule has 11 aromatic rings. The smallest absolute Gasteiger partial charge is 0.137 e. The summed E-state index contributed by atoms with van der Waals surface area (Å²) in [4.78, 5) is 2.36. The fourth-order valence-electron chi connectivity index (χ4n) is 8.49. The molecule has 0 aliphatic heterocycles. The number of fused-ring (bicyclic) bond motifs is 7. The van der Waals surface area contributed by atoms with Crippen LogP contribution >= 0.6 is 0 Å². The third kappa shape index (κ3) is 5.42. The highest BCUT2D eigenvalue weighted by Crippen LogP contribution is 2.44. The molecule has 0 unspecified atom stereocenters. The van der Waals surface area contributed by atoms with Gasteiger partial charge in [0.2, 0.25) is 0 Å². The molecule has 0 aliphatic carbocycles.